The van der Waals surface area contributed by atoms with Crippen LogP contribution in [0.5, 0.6) is 0 Å². The SMILES string of the molecule is CC1(C)CC(=O)c2cc(C(=O)Nc3cccc(C(=O)c4ccccc4)c3)c(=O)[nH]c2C1. The van der Waals surface area contributed by atoms with Crippen LogP contribution in [0.1, 0.15) is 62.6 Å². The molecule has 3 aromatic rings. The fourth-order valence-electron chi connectivity index (χ4n) is 3.89. The van der Waals surface area contributed by atoms with Gasteiger partial charge in [0.15, 0.2) is 11.6 Å². The Kier molecular flexibility index (Phi) is 5.15. The van der Waals surface area contributed by atoms with Gasteiger partial charge in [-0.05, 0) is 30.0 Å². The van der Waals surface area contributed by atoms with Crippen molar-refractivity contribution in [2.75, 3.05) is 5.32 Å². The summed E-state index contributed by atoms with van der Waals surface area (Å²) in [4.78, 5) is 53.2. The molecule has 1 amide bonds. The zero-order valence-corrected chi connectivity index (χ0v) is 17.3. The van der Waals surface area contributed by atoms with Crippen molar-refractivity contribution in [1.29, 1.82) is 0 Å². The molecule has 31 heavy (non-hydrogen) atoms. The molecule has 0 unspecified atom stereocenters. The first kappa shape index (κ1) is 20.5. The number of hydrogen-bond acceptors (Lipinski definition) is 4. The second-order valence-corrected chi connectivity index (χ2v) is 8.58. The number of fused-ring (bicyclic) bond motifs is 1. The van der Waals surface area contributed by atoms with Crippen LogP contribution in [0.25, 0.3) is 0 Å². The molecule has 156 valence electrons. The summed E-state index contributed by atoms with van der Waals surface area (Å²) < 4.78 is 0. The lowest BCUT2D eigenvalue weighted by Crippen LogP contribution is -2.32. The van der Waals surface area contributed by atoms with Gasteiger partial charge in [0.1, 0.15) is 5.56 Å². The van der Waals surface area contributed by atoms with Gasteiger partial charge in [-0.25, -0.2) is 0 Å². The number of nitrogens with one attached hydrogen (secondary N) is 2. The third-order valence-electron chi connectivity index (χ3n) is 5.38. The fourth-order valence-corrected chi connectivity index (χ4v) is 3.89. The molecular formula is C25H22N2O4. The van der Waals surface area contributed by atoms with Gasteiger partial charge in [-0.2, -0.15) is 0 Å². The number of H-pyrrole nitrogens is 1. The van der Waals surface area contributed by atoms with Crippen LogP contribution in [-0.4, -0.2) is 22.5 Å². The molecule has 6 heteroatoms. The molecule has 1 aliphatic carbocycles. The van der Waals surface area contributed by atoms with Crippen LogP contribution in [0, 0.1) is 5.41 Å². The summed E-state index contributed by atoms with van der Waals surface area (Å²) in [5.74, 6) is -0.894. The molecule has 1 aromatic heterocycles. The number of rotatable bonds is 4. The number of Topliss-reactive ketones (excluding diaryl/α,β-unsaturated/α-hetero) is 1. The number of pyridine rings is 1. The largest absolute Gasteiger partial charge is 0.325 e. The monoisotopic (exact) mass is 414 g/mol. The van der Waals surface area contributed by atoms with Crippen molar-refractivity contribution >= 4 is 23.2 Å². The summed E-state index contributed by atoms with van der Waals surface area (Å²) in [5.41, 5.74) is 1.39. The second kappa shape index (κ2) is 7.80. The maximum Gasteiger partial charge on any atom is 0.261 e. The average molecular weight is 414 g/mol. The fraction of sp³-hybridized carbons (Fsp3) is 0.200. The van der Waals surface area contributed by atoms with E-state index in [1.165, 1.54) is 6.07 Å². The standard InChI is InChI=1S/C25H22N2O4/c1-25(2)13-20-18(21(28)14-25)12-19(24(31)27-20)23(30)26-17-10-6-9-16(11-17)22(29)15-7-4-3-5-8-15/h3-12H,13-14H2,1-2H3,(H,26,30)(H,27,31). The Morgan fingerprint density at radius 3 is 2.35 bits per heavy atom. The first-order chi connectivity index (χ1) is 14.7. The van der Waals surface area contributed by atoms with E-state index in [0.717, 1.165) is 0 Å². The average Bonchev–Trinajstić information content (AvgIpc) is 2.72. The Morgan fingerprint density at radius 2 is 1.61 bits per heavy atom. The second-order valence-electron chi connectivity index (χ2n) is 8.58. The van der Waals surface area contributed by atoms with Crippen LogP contribution in [0.3, 0.4) is 0 Å². The minimum Gasteiger partial charge on any atom is -0.325 e. The third kappa shape index (κ3) is 4.23. The van der Waals surface area contributed by atoms with Crippen molar-refractivity contribution in [1.82, 2.24) is 4.98 Å². The predicted octanol–water partition coefficient (Wildman–Crippen LogP) is 4.01. The lowest BCUT2D eigenvalue weighted by atomic mass is 9.75. The van der Waals surface area contributed by atoms with Gasteiger partial charge in [0.05, 0.1) is 0 Å². The molecule has 1 heterocycles. The lowest BCUT2D eigenvalue weighted by molar-refractivity contribution is 0.0909. The first-order valence-corrected chi connectivity index (χ1v) is 10.0. The Bertz CT molecular complexity index is 1260. The summed E-state index contributed by atoms with van der Waals surface area (Å²) in [5, 5.41) is 2.66. The van der Waals surface area contributed by atoms with Crippen LogP contribution in [0.15, 0.2) is 65.5 Å². The van der Waals surface area contributed by atoms with E-state index in [0.29, 0.717) is 40.9 Å². The summed E-state index contributed by atoms with van der Waals surface area (Å²) in [6.07, 6.45) is 0.922. The number of ketones is 2. The maximum atomic E-state index is 12.8. The highest BCUT2D eigenvalue weighted by atomic mass is 16.2. The molecule has 0 saturated carbocycles. The van der Waals surface area contributed by atoms with Crippen LogP contribution in [0.4, 0.5) is 5.69 Å². The third-order valence-corrected chi connectivity index (χ3v) is 5.38. The summed E-state index contributed by atoms with van der Waals surface area (Å²) in [6, 6.07) is 16.7. The molecule has 0 atom stereocenters. The minimum atomic E-state index is -0.633. The van der Waals surface area contributed by atoms with E-state index in [4.69, 9.17) is 0 Å². The number of benzene rings is 2. The van der Waals surface area contributed by atoms with Crippen molar-refractivity contribution in [3.05, 3.63) is 99.0 Å². The maximum absolute atomic E-state index is 12.8. The van der Waals surface area contributed by atoms with Crippen molar-refractivity contribution < 1.29 is 14.4 Å². The molecule has 0 fully saturated rings. The van der Waals surface area contributed by atoms with Gasteiger partial charge in [0, 0.05) is 34.5 Å². The van der Waals surface area contributed by atoms with Crippen LogP contribution in [-0.2, 0) is 6.42 Å². The van der Waals surface area contributed by atoms with Crippen LogP contribution < -0.4 is 10.9 Å². The molecule has 1 aliphatic rings. The molecule has 0 spiro atoms. The van der Waals surface area contributed by atoms with Gasteiger partial charge in [-0.1, -0.05) is 56.3 Å². The molecule has 2 aromatic carbocycles. The number of aromatic amines is 1. The van der Waals surface area contributed by atoms with E-state index in [9.17, 15) is 19.2 Å². The number of amides is 1. The Hall–Kier alpha value is -3.80. The van der Waals surface area contributed by atoms with Gasteiger partial charge < -0.3 is 10.3 Å². The molecular weight excluding hydrogens is 392 g/mol. The van der Waals surface area contributed by atoms with E-state index in [1.54, 1.807) is 48.5 Å². The van der Waals surface area contributed by atoms with Gasteiger partial charge in [-0.3, -0.25) is 19.2 Å². The van der Waals surface area contributed by atoms with Crippen molar-refractivity contribution in [3.8, 4) is 0 Å². The van der Waals surface area contributed by atoms with E-state index >= 15 is 0 Å². The van der Waals surface area contributed by atoms with Gasteiger partial charge in [-0.15, -0.1) is 0 Å². The van der Waals surface area contributed by atoms with Crippen molar-refractivity contribution in [2.45, 2.75) is 26.7 Å². The molecule has 0 radical (unpaired) electrons. The molecule has 0 bridgehead atoms. The summed E-state index contributed by atoms with van der Waals surface area (Å²) in [6.45, 7) is 3.94. The van der Waals surface area contributed by atoms with E-state index in [-0.39, 0.29) is 22.5 Å². The van der Waals surface area contributed by atoms with Crippen LogP contribution in [0.2, 0.25) is 0 Å². The normalized spacial score (nSPS) is 14.6. The molecule has 0 saturated heterocycles. The zero-order chi connectivity index (χ0) is 22.2. The highest BCUT2D eigenvalue weighted by Crippen LogP contribution is 2.33. The van der Waals surface area contributed by atoms with E-state index in [1.807, 2.05) is 19.9 Å². The van der Waals surface area contributed by atoms with Gasteiger partial charge >= 0.3 is 0 Å². The summed E-state index contributed by atoms with van der Waals surface area (Å²) >= 11 is 0. The number of hydrogen-bond donors (Lipinski definition) is 2. The smallest absolute Gasteiger partial charge is 0.261 e. The Morgan fingerprint density at radius 1 is 0.903 bits per heavy atom. The van der Waals surface area contributed by atoms with Crippen LogP contribution >= 0.6 is 0 Å². The van der Waals surface area contributed by atoms with Gasteiger partial charge in [0.25, 0.3) is 11.5 Å². The minimum absolute atomic E-state index is 0.0907. The lowest BCUT2D eigenvalue weighted by Gasteiger charge is -2.29. The van der Waals surface area contributed by atoms with Crippen molar-refractivity contribution in [3.63, 3.8) is 0 Å². The number of anilines is 1. The number of carbonyl (C=O) groups excluding carboxylic acids is 3. The summed E-state index contributed by atoms with van der Waals surface area (Å²) in [7, 11) is 0. The molecule has 4 rings (SSSR count). The Labute approximate surface area is 179 Å². The predicted molar refractivity (Wildman–Crippen MR) is 118 cm³/mol. The quantitative estimate of drug-likeness (QED) is 0.631. The highest BCUT2D eigenvalue weighted by molar-refractivity contribution is 6.11. The van der Waals surface area contributed by atoms with Crippen molar-refractivity contribution in [2.24, 2.45) is 5.41 Å². The number of aromatic nitrogens is 1. The number of carbonyl (C=O) groups is 3. The highest BCUT2D eigenvalue weighted by Gasteiger charge is 2.32. The van der Waals surface area contributed by atoms with E-state index in [2.05, 4.69) is 10.3 Å². The molecule has 0 aliphatic heterocycles. The van der Waals surface area contributed by atoms with E-state index < -0.39 is 11.5 Å². The topological polar surface area (TPSA) is 96.1 Å². The van der Waals surface area contributed by atoms with Gasteiger partial charge in [0.2, 0.25) is 0 Å². The zero-order valence-electron chi connectivity index (χ0n) is 17.3. The molecule has 2 N–H and O–H groups in total. The first-order valence-electron chi connectivity index (χ1n) is 10.0. The Balaban J connectivity index is 1.60. The molecule has 6 nitrogen and oxygen atoms in total.